The minimum absolute atomic E-state index is 0.369. The van der Waals surface area contributed by atoms with Gasteiger partial charge in [0.2, 0.25) is 0 Å². The van der Waals surface area contributed by atoms with Gasteiger partial charge in [0.25, 0.3) is 0 Å². The summed E-state index contributed by atoms with van der Waals surface area (Å²) < 4.78 is 5.20. The topological polar surface area (TPSA) is 47.3 Å². The Hall–Kier alpha value is -0.930. The Labute approximate surface area is 107 Å². The molecule has 17 heavy (non-hydrogen) atoms. The molecule has 1 aliphatic carbocycles. The monoisotopic (exact) mass is 254 g/mol. The van der Waals surface area contributed by atoms with E-state index in [0.717, 1.165) is 42.1 Å². The van der Waals surface area contributed by atoms with Gasteiger partial charge in [-0.3, -0.25) is 0 Å². The first-order chi connectivity index (χ1) is 8.19. The van der Waals surface area contributed by atoms with Crippen molar-refractivity contribution in [2.75, 3.05) is 12.4 Å². The normalized spacial score (nSPS) is 24.4. The third-order valence-corrected chi connectivity index (χ3v) is 3.63. The van der Waals surface area contributed by atoms with Crippen LogP contribution < -0.4 is 15.8 Å². The van der Waals surface area contributed by atoms with E-state index in [9.17, 15) is 0 Å². The van der Waals surface area contributed by atoms with Gasteiger partial charge in [-0.05, 0) is 37.8 Å². The number of nitrogens with one attached hydrogen (secondary N) is 1. The number of benzene rings is 1. The fourth-order valence-corrected chi connectivity index (χ4v) is 2.40. The van der Waals surface area contributed by atoms with Crippen LogP contribution in [-0.2, 0) is 0 Å². The molecule has 0 radical (unpaired) electrons. The van der Waals surface area contributed by atoms with Gasteiger partial charge in [0.05, 0.1) is 17.8 Å². The summed E-state index contributed by atoms with van der Waals surface area (Å²) in [6, 6.07) is 6.51. The van der Waals surface area contributed by atoms with Gasteiger partial charge in [0.15, 0.2) is 0 Å². The van der Waals surface area contributed by atoms with Gasteiger partial charge in [-0.25, -0.2) is 0 Å². The molecular formula is C13H19ClN2O. The van der Waals surface area contributed by atoms with Crippen molar-refractivity contribution in [2.45, 2.75) is 37.8 Å². The first kappa shape index (κ1) is 12.5. The minimum atomic E-state index is 0.369. The molecule has 3 nitrogen and oxygen atoms in total. The number of ether oxygens (including phenoxy) is 1. The molecule has 0 bridgehead atoms. The second-order valence-corrected chi connectivity index (χ2v) is 5.01. The lowest BCUT2D eigenvalue weighted by molar-refractivity contribution is 0.408. The van der Waals surface area contributed by atoms with E-state index in [1.165, 1.54) is 0 Å². The fourth-order valence-electron chi connectivity index (χ4n) is 2.23. The molecule has 0 aromatic heterocycles. The van der Waals surface area contributed by atoms with Crippen LogP contribution in [0, 0.1) is 0 Å². The van der Waals surface area contributed by atoms with E-state index < -0.39 is 0 Å². The maximum Gasteiger partial charge on any atom is 0.121 e. The lowest BCUT2D eigenvalue weighted by Gasteiger charge is -2.28. The van der Waals surface area contributed by atoms with Crippen molar-refractivity contribution < 1.29 is 4.74 Å². The lowest BCUT2D eigenvalue weighted by Crippen LogP contribution is -2.32. The highest BCUT2D eigenvalue weighted by Gasteiger charge is 2.19. The minimum Gasteiger partial charge on any atom is -0.497 e. The summed E-state index contributed by atoms with van der Waals surface area (Å²) in [5, 5.41) is 4.21. The fraction of sp³-hybridized carbons (Fsp3) is 0.538. The van der Waals surface area contributed by atoms with Crippen molar-refractivity contribution in [3.05, 3.63) is 23.2 Å². The van der Waals surface area contributed by atoms with Crippen molar-refractivity contribution in [1.29, 1.82) is 0 Å². The van der Waals surface area contributed by atoms with Crippen molar-refractivity contribution in [2.24, 2.45) is 5.73 Å². The molecule has 1 saturated carbocycles. The van der Waals surface area contributed by atoms with Crippen LogP contribution in [0.25, 0.3) is 0 Å². The van der Waals surface area contributed by atoms with Gasteiger partial charge in [-0.15, -0.1) is 0 Å². The number of hydrogen-bond donors (Lipinski definition) is 2. The maximum atomic E-state index is 6.16. The maximum absolute atomic E-state index is 6.16. The molecule has 3 N–H and O–H groups in total. The molecule has 4 heteroatoms. The highest BCUT2D eigenvalue weighted by Crippen LogP contribution is 2.29. The Balaban J connectivity index is 2.02. The predicted molar refractivity (Wildman–Crippen MR) is 71.9 cm³/mol. The van der Waals surface area contributed by atoms with Crippen LogP contribution in [0.5, 0.6) is 5.75 Å². The molecule has 0 amide bonds. The molecule has 1 aromatic carbocycles. The van der Waals surface area contributed by atoms with E-state index in [4.69, 9.17) is 22.1 Å². The average Bonchev–Trinajstić information content (AvgIpc) is 2.35. The molecule has 0 aliphatic heterocycles. The number of anilines is 1. The highest BCUT2D eigenvalue weighted by molar-refractivity contribution is 6.33. The highest BCUT2D eigenvalue weighted by atomic mass is 35.5. The summed E-state index contributed by atoms with van der Waals surface area (Å²) in [6.45, 7) is 0. The zero-order valence-corrected chi connectivity index (χ0v) is 10.8. The molecule has 0 unspecified atom stereocenters. The van der Waals surface area contributed by atoms with E-state index in [-0.39, 0.29) is 0 Å². The molecule has 94 valence electrons. The first-order valence-corrected chi connectivity index (χ1v) is 6.42. The van der Waals surface area contributed by atoms with E-state index in [2.05, 4.69) is 5.32 Å². The van der Waals surface area contributed by atoms with Gasteiger partial charge in [-0.1, -0.05) is 11.6 Å². The number of nitrogens with two attached hydrogens (primary N) is 1. The number of methoxy groups -OCH3 is 1. The zero-order chi connectivity index (χ0) is 12.3. The van der Waals surface area contributed by atoms with Gasteiger partial charge < -0.3 is 15.8 Å². The van der Waals surface area contributed by atoms with Crippen molar-refractivity contribution in [3.8, 4) is 5.75 Å². The molecule has 0 atom stereocenters. The molecule has 0 spiro atoms. The summed E-state index contributed by atoms with van der Waals surface area (Å²) in [5.41, 5.74) is 6.84. The Morgan fingerprint density at radius 1 is 1.29 bits per heavy atom. The Morgan fingerprint density at radius 3 is 2.65 bits per heavy atom. The van der Waals surface area contributed by atoms with Gasteiger partial charge >= 0.3 is 0 Å². The zero-order valence-electron chi connectivity index (χ0n) is 10.1. The molecule has 1 fully saturated rings. The molecule has 2 rings (SSSR count). The van der Waals surface area contributed by atoms with E-state index in [1.807, 2.05) is 18.2 Å². The van der Waals surface area contributed by atoms with E-state index >= 15 is 0 Å². The summed E-state index contributed by atoms with van der Waals surface area (Å²) >= 11 is 6.16. The summed E-state index contributed by atoms with van der Waals surface area (Å²) in [6.07, 6.45) is 4.38. The van der Waals surface area contributed by atoms with Crippen LogP contribution in [-0.4, -0.2) is 19.2 Å². The molecule has 1 aromatic rings. The molecule has 0 heterocycles. The van der Waals surface area contributed by atoms with Crippen LogP contribution >= 0.6 is 11.6 Å². The van der Waals surface area contributed by atoms with Crippen molar-refractivity contribution in [1.82, 2.24) is 0 Å². The summed E-state index contributed by atoms with van der Waals surface area (Å²) in [5.74, 6) is 0.824. The third kappa shape index (κ3) is 3.27. The van der Waals surface area contributed by atoms with Crippen LogP contribution in [0.2, 0.25) is 5.02 Å². The average molecular weight is 255 g/mol. The number of rotatable bonds is 3. The Kier molecular flexibility index (Phi) is 4.13. The van der Waals surface area contributed by atoms with Crippen molar-refractivity contribution in [3.63, 3.8) is 0 Å². The van der Waals surface area contributed by atoms with Gasteiger partial charge in [0.1, 0.15) is 5.75 Å². The largest absolute Gasteiger partial charge is 0.497 e. The Morgan fingerprint density at radius 2 is 2.00 bits per heavy atom. The van der Waals surface area contributed by atoms with E-state index in [0.29, 0.717) is 12.1 Å². The standard InChI is InChI=1S/C13H19ClN2O/c1-17-11-6-7-12(14)13(8-11)16-10-4-2-9(15)3-5-10/h6-10,16H,2-5,15H2,1H3. The van der Waals surface area contributed by atoms with Crippen LogP contribution in [0.1, 0.15) is 25.7 Å². The molecule has 1 aliphatic rings. The van der Waals surface area contributed by atoms with Gasteiger partial charge in [0, 0.05) is 18.2 Å². The molecular weight excluding hydrogens is 236 g/mol. The van der Waals surface area contributed by atoms with Crippen molar-refractivity contribution >= 4 is 17.3 Å². The summed E-state index contributed by atoms with van der Waals surface area (Å²) in [4.78, 5) is 0. The lowest BCUT2D eigenvalue weighted by atomic mass is 9.91. The predicted octanol–water partition coefficient (Wildman–Crippen LogP) is 3.03. The summed E-state index contributed by atoms with van der Waals surface area (Å²) in [7, 11) is 1.66. The second-order valence-electron chi connectivity index (χ2n) is 4.60. The van der Waals surface area contributed by atoms with Crippen LogP contribution in [0.4, 0.5) is 5.69 Å². The third-order valence-electron chi connectivity index (χ3n) is 3.30. The smallest absolute Gasteiger partial charge is 0.121 e. The van der Waals surface area contributed by atoms with E-state index in [1.54, 1.807) is 7.11 Å². The SMILES string of the molecule is COc1ccc(Cl)c(NC2CCC(N)CC2)c1. The van der Waals surface area contributed by atoms with Crippen LogP contribution in [0.3, 0.4) is 0 Å². The molecule has 0 saturated heterocycles. The Bertz CT molecular complexity index is 376. The number of hydrogen-bond acceptors (Lipinski definition) is 3. The quantitative estimate of drug-likeness (QED) is 0.872. The second kappa shape index (κ2) is 5.61. The van der Waals surface area contributed by atoms with Crippen LogP contribution in [0.15, 0.2) is 18.2 Å². The van der Waals surface area contributed by atoms with Gasteiger partial charge in [-0.2, -0.15) is 0 Å². The number of halogens is 1. The first-order valence-electron chi connectivity index (χ1n) is 6.04.